The van der Waals surface area contributed by atoms with Gasteiger partial charge in [0.05, 0.1) is 92.7 Å². The number of ketones is 2. The van der Waals surface area contributed by atoms with Crippen molar-refractivity contribution >= 4 is 151 Å². The van der Waals surface area contributed by atoms with Gasteiger partial charge in [0.15, 0.2) is 34.6 Å². The van der Waals surface area contributed by atoms with Crippen molar-refractivity contribution in [3.63, 3.8) is 0 Å². The topological polar surface area (TPSA) is 455 Å². The minimum atomic E-state index is -1.36. The van der Waals surface area contributed by atoms with Gasteiger partial charge in [-0.3, -0.25) is 63.7 Å². The van der Waals surface area contributed by atoms with Crippen molar-refractivity contribution in [2.75, 3.05) is 83.1 Å². The van der Waals surface area contributed by atoms with Gasteiger partial charge in [-0.15, -0.1) is 4.99 Å². The molecule has 1 unspecified atom stereocenters. The molecule has 35 nitrogen and oxygen atoms in total. The van der Waals surface area contributed by atoms with Gasteiger partial charge in [0.2, 0.25) is 29.6 Å². The maximum absolute atomic E-state index is 13.4. The van der Waals surface area contributed by atoms with Crippen LogP contribution in [0.1, 0.15) is 156 Å². The van der Waals surface area contributed by atoms with Gasteiger partial charge in [0, 0.05) is 139 Å². The maximum Gasteiger partial charge on any atom is 0.436 e. The number of hydrogen-bond donors (Lipinski definition) is 7. The summed E-state index contributed by atoms with van der Waals surface area (Å²) in [6, 6.07) is 28.4. The van der Waals surface area contributed by atoms with E-state index < -0.39 is 56.9 Å². The van der Waals surface area contributed by atoms with E-state index in [1.807, 2.05) is 64.0 Å². The third kappa shape index (κ3) is 34.2. The number of amides is 8. The molecular weight excluding hydrogens is 1720 g/mol. The highest BCUT2D eigenvalue weighted by molar-refractivity contribution is 8.00. The first kappa shape index (κ1) is 103. The fraction of sp³-hybridized carbons (Fsp3) is 0.511. The molecule has 10 rings (SSSR count). The number of imide groups is 1. The van der Waals surface area contributed by atoms with Crippen molar-refractivity contribution in [1.82, 2.24) is 56.3 Å². The average molecular weight is 1840 g/mol. The monoisotopic (exact) mass is 1840 g/mol. The van der Waals surface area contributed by atoms with E-state index in [0.29, 0.717) is 88.9 Å². The predicted octanol–water partition coefficient (Wildman–Crippen LogP) is 13.1. The number of anilines is 2. The zero-order valence-electron chi connectivity index (χ0n) is 77.9. The molecule has 700 valence electrons. The minimum Gasteiger partial charge on any atom is -0.476 e. The van der Waals surface area contributed by atoms with E-state index in [4.69, 9.17) is 23.9 Å². The second-order valence-corrected chi connectivity index (χ2v) is 49.3. The standard InChI is InChI=1S/C40H50N10O9.C33H51N7O5Si2.C19H26N2O2S/c1-26(2)57-20-17-41-35(53)15-10-30(38(54)42-18-21-58-27(3)51)22-34(52)29-8-11-31(12-9-29)43-23-32-24-44-37-36(46-32)39(48-40(47-37)45-25-49(4)5)59-19-16-28-6-13-33(14-7-28)50(55)56;1-22(2)9-10-24(30(42)34-15-17-46(3,4)5)19-27(41)23-11-13-25(14-12-23)35-20-26-21-36-29-28(37-26)31(43)39-32(38-29)40-33(44)45-16-18-47(6,7)8;1-11(2)16-15-14(10-24-16)21(18(23)20-15)17(22)12-6-8-13(9-7-12)19(3,4)5/h6-9,11-14,24-26,30,43H,10,15-23H2,1-5H3,(H,41,53)(H,42,54);11-14,21-22,24,28,35H,9-10,15-20H2,1-8H3,(H,34,42)(H,39,40,43,44);6-9,11,14-16H,10H2,1-5H3,(H,20,23)/t30-;24-,28?;14-,15-,16-/m110/s1. The Morgan fingerprint density at radius 1 is 0.715 bits per heavy atom. The van der Waals surface area contributed by atoms with E-state index in [-0.39, 0.29) is 165 Å². The van der Waals surface area contributed by atoms with Gasteiger partial charge in [0.25, 0.3) is 23.5 Å². The smallest absolute Gasteiger partial charge is 0.436 e. The number of ether oxygens (including phenoxy) is 4. The highest BCUT2D eigenvalue weighted by Crippen LogP contribution is 2.39. The molecule has 0 spiro atoms. The molecule has 0 bridgehead atoms. The number of non-ortho nitro benzene ring substituents is 1. The zero-order chi connectivity index (χ0) is 95.2. The number of carbonyl (C=O) groups excluding carboxylic acids is 10. The number of rotatable bonds is 42. The van der Waals surface area contributed by atoms with Crippen LogP contribution in [0.5, 0.6) is 5.88 Å². The van der Waals surface area contributed by atoms with Crippen LogP contribution >= 0.6 is 11.8 Å². The van der Waals surface area contributed by atoms with Crippen molar-refractivity contribution in [1.29, 1.82) is 0 Å². The minimum absolute atomic E-state index is 0.000418. The lowest BCUT2D eigenvalue weighted by atomic mass is 9.86. The fourth-order valence-corrected chi connectivity index (χ4v) is 16.7. The Balaban J connectivity index is 0.000000260. The van der Waals surface area contributed by atoms with Crippen LogP contribution in [0.4, 0.5) is 32.6 Å². The highest BCUT2D eigenvalue weighted by atomic mass is 32.2. The fourth-order valence-electron chi connectivity index (χ4n) is 13.5. The molecule has 2 aromatic heterocycles. The number of urea groups is 1. The van der Waals surface area contributed by atoms with Gasteiger partial charge in [-0.25, -0.2) is 29.5 Å². The number of benzene rings is 4. The lowest BCUT2D eigenvalue weighted by Gasteiger charge is -2.22. The molecule has 4 aliphatic rings. The second-order valence-electron chi connectivity index (χ2n) is 36.8. The van der Waals surface area contributed by atoms with E-state index in [0.717, 1.165) is 35.5 Å². The molecule has 7 N–H and O–H groups in total. The van der Waals surface area contributed by atoms with Crippen LogP contribution in [0, 0.1) is 33.8 Å². The number of amidine groups is 1. The highest BCUT2D eigenvalue weighted by Gasteiger charge is 2.51. The molecule has 2 saturated heterocycles. The van der Waals surface area contributed by atoms with Crippen molar-refractivity contribution in [3.8, 4) is 5.88 Å². The summed E-state index contributed by atoms with van der Waals surface area (Å²) in [5.74, 6) is -1.34. The number of esters is 1. The van der Waals surface area contributed by atoms with E-state index in [1.165, 1.54) is 35.7 Å². The van der Waals surface area contributed by atoms with Crippen molar-refractivity contribution < 1.29 is 71.8 Å². The van der Waals surface area contributed by atoms with Crippen LogP contribution in [0.25, 0.3) is 11.2 Å². The van der Waals surface area contributed by atoms with E-state index in [9.17, 15) is 58.1 Å². The van der Waals surface area contributed by atoms with E-state index in [2.05, 4.69) is 165 Å². The summed E-state index contributed by atoms with van der Waals surface area (Å²) in [7, 11) is 0.984. The van der Waals surface area contributed by atoms with Crippen molar-refractivity contribution in [2.45, 2.75) is 207 Å². The lowest BCUT2D eigenvalue weighted by molar-refractivity contribution is -0.384. The number of aliphatic imine (C=N–C) groups is 5. The average Bonchev–Trinajstić information content (AvgIpc) is 1.60. The quantitative estimate of drug-likeness (QED) is 0.00215. The molecule has 4 aliphatic heterocycles. The molecule has 0 saturated carbocycles. The molecule has 6 aromatic rings. The van der Waals surface area contributed by atoms with Gasteiger partial charge in [-0.2, -0.15) is 26.7 Å². The summed E-state index contributed by atoms with van der Waals surface area (Å²) in [4.78, 5) is 179. The number of thioether (sulfide) groups is 1. The number of nitrogens with one attached hydrogen (secondary N) is 7. The number of nitro groups is 1. The summed E-state index contributed by atoms with van der Waals surface area (Å²) >= 11 is 1.86. The zero-order valence-corrected chi connectivity index (χ0v) is 80.7. The summed E-state index contributed by atoms with van der Waals surface area (Å²) < 4.78 is 21.5. The number of fused-ring (bicyclic) bond motifs is 3. The summed E-state index contributed by atoms with van der Waals surface area (Å²) in [6.07, 6.45) is 6.06. The molecule has 4 aromatic carbocycles. The number of hydrogen-bond acceptors (Lipinski definition) is 26. The number of carbonyl (C=O) groups is 10. The summed E-state index contributed by atoms with van der Waals surface area (Å²) in [5.41, 5.74) is 6.69. The largest absolute Gasteiger partial charge is 0.476 e. The van der Waals surface area contributed by atoms with E-state index in [1.54, 1.807) is 78.1 Å². The van der Waals surface area contributed by atoms with Crippen molar-refractivity contribution in [2.24, 2.45) is 48.6 Å². The second kappa shape index (κ2) is 49.2. The van der Waals surface area contributed by atoms with Gasteiger partial charge < -0.3 is 55.7 Å². The molecule has 0 radical (unpaired) electrons. The predicted molar refractivity (Wildman–Crippen MR) is 512 cm³/mol. The Morgan fingerprint density at radius 3 is 1.91 bits per heavy atom. The van der Waals surface area contributed by atoms with Gasteiger partial charge in [-0.05, 0) is 128 Å². The summed E-state index contributed by atoms with van der Waals surface area (Å²) in [6.45, 7) is 35.8. The molecule has 6 heterocycles. The Bertz CT molecular complexity index is 5090. The molecule has 130 heavy (non-hydrogen) atoms. The molecule has 8 amide bonds. The molecule has 38 heteroatoms. The van der Waals surface area contributed by atoms with Gasteiger partial charge in [-0.1, -0.05) is 118 Å². The number of guanidine groups is 1. The normalized spacial score (nSPS) is 16.6. The Labute approximate surface area is 766 Å². The molecule has 6 atom stereocenters. The van der Waals surface area contributed by atoms with Crippen LogP contribution in [0.2, 0.25) is 51.4 Å². The van der Waals surface area contributed by atoms with Gasteiger partial charge >= 0.3 is 18.1 Å². The van der Waals surface area contributed by atoms with Gasteiger partial charge in [0.1, 0.15) is 6.61 Å². The first-order chi connectivity index (χ1) is 61.4. The number of Topliss-reactive ketones (excluding diaryl/α,β-unsaturated/α-hetero) is 2. The van der Waals surface area contributed by atoms with Crippen LogP contribution in [-0.2, 0) is 56.6 Å². The van der Waals surface area contributed by atoms with Crippen LogP contribution in [0.3, 0.4) is 0 Å². The van der Waals surface area contributed by atoms with E-state index >= 15 is 0 Å². The number of nitrogens with zero attached hydrogens (tertiary/aromatic N) is 12. The number of nitro benzene ring substituents is 1. The maximum atomic E-state index is 13.4. The Hall–Kier alpha value is -11.9. The molecule has 2 fully saturated rings. The molecular formula is C92H127N19O16SSi2. The Kier molecular flexibility index (Phi) is 39.2. The third-order valence-corrected chi connectivity index (χ3v) is 26.1. The SMILES string of the molecule is CC(=O)OCCNC(=O)[C@H](CCC(=O)NCCOC(C)C)CC(=O)c1ccc(NCc2cnc3nc(N=CN(C)C)nc(OCCc4ccc([N+](=O)[O-])cc4)c3n2)cc1.CC(C)CC[C@H](CC(=O)c1ccc(NCC2=NC3C(=O)NC(=NC(=O)OCC[Si](C)(C)C)N=C3N=C2)cc1)C(=O)NCC[Si](C)(C)C.CC(C)[C@@H]1SC[C@H]2[C@@H]1NC(=O)N2C(=O)c1ccc(C(C)(C)C)cc1. The van der Waals surface area contributed by atoms with Crippen LogP contribution in [-0.4, -0.2) is 242 Å². The number of aromatic nitrogens is 4. The Morgan fingerprint density at radius 2 is 1.32 bits per heavy atom. The van der Waals surface area contributed by atoms with Crippen LogP contribution < -0.4 is 42.0 Å². The third-order valence-electron chi connectivity index (χ3n) is 20.9. The molecule has 0 aliphatic carbocycles. The van der Waals surface area contributed by atoms with Crippen LogP contribution in [0.15, 0.2) is 128 Å². The van der Waals surface area contributed by atoms with Crippen molar-refractivity contribution in [3.05, 3.63) is 147 Å². The first-order valence-corrected chi connectivity index (χ1v) is 52.5. The lowest BCUT2D eigenvalue weighted by Crippen LogP contribution is -2.48. The summed E-state index contributed by atoms with van der Waals surface area (Å²) in [5, 5.41) is 31.9. The first-order valence-electron chi connectivity index (χ1n) is 44.0.